The van der Waals surface area contributed by atoms with Gasteiger partial charge in [-0.05, 0) is 68.2 Å². The summed E-state index contributed by atoms with van der Waals surface area (Å²) in [5, 5.41) is 28.5. The van der Waals surface area contributed by atoms with Gasteiger partial charge in [0, 0.05) is 51.8 Å². The van der Waals surface area contributed by atoms with Crippen LogP contribution in [0.4, 0.5) is 11.4 Å². The van der Waals surface area contributed by atoms with Crippen molar-refractivity contribution in [1.29, 1.82) is 5.26 Å². The van der Waals surface area contributed by atoms with E-state index >= 15 is 0 Å². The number of nitriles is 1. The molecule has 2 aliphatic heterocycles. The van der Waals surface area contributed by atoms with Crippen molar-refractivity contribution in [3.8, 4) is 6.07 Å². The summed E-state index contributed by atoms with van der Waals surface area (Å²) in [6, 6.07) is 7.93. The molecule has 0 radical (unpaired) electrons. The Hall–Kier alpha value is -3.79. The van der Waals surface area contributed by atoms with Crippen LogP contribution in [0.1, 0.15) is 65.9 Å². The molecule has 7 heteroatoms. The van der Waals surface area contributed by atoms with Gasteiger partial charge in [0.2, 0.25) is 6.04 Å². The molecule has 4 rings (SSSR count). The van der Waals surface area contributed by atoms with E-state index in [-0.39, 0.29) is 15.9 Å². The molecule has 0 saturated carbocycles. The molecule has 0 spiro atoms. The highest BCUT2D eigenvalue weighted by molar-refractivity contribution is 5.77. The number of nitrogens with zero attached hydrogens (tertiary/aromatic N) is 3. The van der Waals surface area contributed by atoms with Crippen LogP contribution in [0, 0.1) is 26.9 Å². The number of hydrogen-bond acceptors (Lipinski definition) is 6. The summed E-state index contributed by atoms with van der Waals surface area (Å²) in [4.78, 5) is 13.5. The van der Waals surface area contributed by atoms with Gasteiger partial charge in [-0.1, -0.05) is 45.9 Å². The summed E-state index contributed by atoms with van der Waals surface area (Å²) >= 11 is 0. The predicted molar refractivity (Wildman–Crippen MR) is 154 cm³/mol. The van der Waals surface area contributed by atoms with Gasteiger partial charge in [0.25, 0.3) is 0 Å². The van der Waals surface area contributed by atoms with Crippen LogP contribution in [0.2, 0.25) is 0 Å². The predicted octanol–water partition coefficient (Wildman–Crippen LogP) is 7.04. The van der Waals surface area contributed by atoms with Crippen LogP contribution in [0.5, 0.6) is 0 Å². The number of hydrogen-bond donors (Lipinski definition) is 2. The van der Waals surface area contributed by atoms with Gasteiger partial charge in [0.15, 0.2) is 0 Å². The number of allylic oxidation sites excluding steroid dienone is 6. The molecule has 1 aliphatic carbocycles. The first-order valence-corrected chi connectivity index (χ1v) is 13.6. The Morgan fingerprint density at radius 1 is 1.32 bits per heavy atom. The molecule has 0 amide bonds. The zero-order valence-electron chi connectivity index (χ0n) is 23.2. The number of rotatable bonds is 10. The van der Waals surface area contributed by atoms with Crippen molar-refractivity contribution < 1.29 is 4.92 Å². The fourth-order valence-corrected chi connectivity index (χ4v) is 5.88. The first-order valence-electron chi connectivity index (χ1n) is 13.6. The van der Waals surface area contributed by atoms with Crippen LogP contribution >= 0.6 is 0 Å². The zero-order chi connectivity index (χ0) is 27.5. The molecular weight excluding hydrogens is 474 g/mol. The molecule has 0 saturated heterocycles. The van der Waals surface area contributed by atoms with Crippen LogP contribution in [-0.4, -0.2) is 29.0 Å². The number of fused-ring (bicyclic) bond motifs is 1. The maximum atomic E-state index is 11.5. The van der Waals surface area contributed by atoms with Crippen LogP contribution in [0.3, 0.4) is 0 Å². The van der Waals surface area contributed by atoms with Gasteiger partial charge in [0.1, 0.15) is 0 Å². The third-order valence-corrected chi connectivity index (χ3v) is 7.81. The fourth-order valence-electron chi connectivity index (χ4n) is 5.88. The normalized spacial score (nSPS) is 24.6. The minimum Gasteiger partial charge on any atom is -0.385 e. The van der Waals surface area contributed by atoms with Gasteiger partial charge in [-0.2, -0.15) is 5.26 Å². The van der Waals surface area contributed by atoms with E-state index in [1.165, 1.54) is 11.3 Å². The van der Waals surface area contributed by atoms with Crippen molar-refractivity contribution in [1.82, 2.24) is 4.90 Å². The second-order valence-electron chi connectivity index (χ2n) is 11.1. The Bertz CT molecular complexity index is 1290. The molecule has 0 aromatic heterocycles. The van der Waals surface area contributed by atoms with E-state index in [1.54, 1.807) is 6.08 Å². The molecule has 200 valence electrons. The molecule has 1 aromatic carbocycles. The SMILES string of the molecule is CCCNc1cccc2c1C(C)(C/C=C/C(C#N)=C/C=C1/N(CCC)C3=C(C=CC([N+](=O)[O-])C3)C1(C)C)N2. The summed E-state index contributed by atoms with van der Waals surface area (Å²) in [6.07, 6.45) is 14.7. The maximum absolute atomic E-state index is 11.5. The summed E-state index contributed by atoms with van der Waals surface area (Å²) in [6.45, 7) is 12.5. The van der Waals surface area contributed by atoms with Gasteiger partial charge in [-0.25, -0.2) is 0 Å². The van der Waals surface area contributed by atoms with Crippen molar-refractivity contribution >= 4 is 11.4 Å². The molecule has 2 atom stereocenters. The van der Waals surface area contributed by atoms with Crippen molar-refractivity contribution in [3.05, 3.63) is 92.9 Å². The Morgan fingerprint density at radius 2 is 2.11 bits per heavy atom. The molecule has 2 heterocycles. The molecular formula is C31H39N5O2. The molecule has 2 N–H and O–H groups in total. The largest absolute Gasteiger partial charge is 0.385 e. The summed E-state index contributed by atoms with van der Waals surface area (Å²) in [5.74, 6) is 0. The maximum Gasteiger partial charge on any atom is 0.237 e. The minimum absolute atomic E-state index is 0.184. The number of anilines is 2. The van der Waals surface area contributed by atoms with Crippen LogP contribution in [-0.2, 0) is 5.54 Å². The van der Waals surface area contributed by atoms with Crippen LogP contribution in [0.25, 0.3) is 0 Å². The van der Waals surface area contributed by atoms with Crippen LogP contribution in [0.15, 0.2) is 77.2 Å². The second kappa shape index (κ2) is 10.9. The number of nitrogens with one attached hydrogen (secondary N) is 2. The van der Waals surface area contributed by atoms with Crippen molar-refractivity contribution in [2.75, 3.05) is 23.7 Å². The Kier molecular flexibility index (Phi) is 7.82. The van der Waals surface area contributed by atoms with Gasteiger partial charge in [-0.15, -0.1) is 0 Å². The van der Waals surface area contributed by atoms with Crippen LogP contribution < -0.4 is 10.6 Å². The Balaban J connectivity index is 1.54. The van der Waals surface area contributed by atoms with Crippen molar-refractivity contribution in [3.63, 3.8) is 0 Å². The van der Waals surface area contributed by atoms with Gasteiger partial charge in [0.05, 0.1) is 23.6 Å². The average molecular weight is 514 g/mol. The lowest BCUT2D eigenvalue weighted by molar-refractivity contribution is -0.509. The molecule has 3 aliphatic rings. The van der Waals surface area contributed by atoms with E-state index < -0.39 is 6.04 Å². The standard InChI is InChI=1S/C31H39N5O2/c1-6-18-33-25-11-8-12-26-29(25)31(5,34-26)17-9-10-22(21-32)13-16-28-30(3,4)24-15-14-23(36(37)38)20-27(24)35(28)19-7-2/h8-16,23,33-34H,6-7,17-20H2,1-5H3/b10-9+,22-13-,28-16+. The molecule has 7 nitrogen and oxygen atoms in total. The highest BCUT2D eigenvalue weighted by Gasteiger charge is 2.44. The third-order valence-electron chi connectivity index (χ3n) is 7.81. The van der Waals surface area contributed by atoms with E-state index in [9.17, 15) is 15.4 Å². The molecule has 0 bridgehead atoms. The van der Waals surface area contributed by atoms with Gasteiger partial charge in [-0.3, -0.25) is 10.1 Å². The lowest BCUT2D eigenvalue weighted by atomic mass is 9.79. The Labute approximate surface area is 226 Å². The highest BCUT2D eigenvalue weighted by atomic mass is 16.6. The Morgan fingerprint density at radius 3 is 2.79 bits per heavy atom. The molecule has 38 heavy (non-hydrogen) atoms. The first kappa shape index (κ1) is 27.3. The van der Waals surface area contributed by atoms with Crippen molar-refractivity contribution in [2.24, 2.45) is 5.41 Å². The average Bonchev–Trinajstić information content (AvgIpc) is 3.09. The molecule has 1 aromatic rings. The lowest BCUT2D eigenvalue weighted by Gasteiger charge is -2.44. The van der Waals surface area contributed by atoms with Gasteiger partial charge >= 0.3 is 0 Å². The summed E-state index contributed by atoms with van der Waals surface area (Å²) in [7, 11) is 0. The second-order valence-corrected chi connectivity index (χ2v) is 11.1. The quantitative estimate of drug-likeness (QED) is 0.151. The summed E-state index contributed by atoms with van der Waals surface area (Å²) in [5.41, 5.74) is 6.97. The third kappa shape index (κ3) is 5.00. The highest BCUT2D eigenvalue weighted by Crippen LogP contribution is 2.50. The lowest BCUT2D eigenvalue weighted by Crippen LogP contribution is -2.41. The van der Waals surface area contributed by atoms with E-state index in [4.69, 9.17) is 0 Å². The minimum atomic E-state index is -0.694. The zero-order valence-corrected chi connectivity index (χ0v) is 23.2. The molecule has 0 fully saturated rings. The smallest absolute Gasteiger partial charge is 0.237 e. The van der Waals surface area contributed by atoms with Crippen molar-refractivity contribution in [2.45, 2.75) is 71.9 Å². The van der Waals surface area contributed by atoms with E-state index in [0.717, 1.165) is 55.0 Å². The van der Waals surface area contributed by atoms with E-state index in [2.05, 4.69) is 80.5 Å². The van der Waals surface area contributed by atoms with E-state index in [0.29, 0.717) is 12.0 Å². The number of benzene rings is 1. The topological polar surface area (TPSA) is 94.2 Å². The summed E-state index contributed by atoms with van der Waals surface area (Å²) < 4.78 is 0. The molecule has 2 unspecified atom stereocenters. The fraction of sp³-hybridized carbons (Fsp3) is 0.452. The van der Waals surface area contributed by atoms with Gasteiger partial charge < -0.3 is 15.5 Å². The monoisotopic (exact) mass is 513 g/mol. The number of nitro groups is 1. The van der Waals surface area contributed by atoms with E-state index in [1.807, 2.05) is 24.3 Å². The first-order chi connectivity index (χ1) is 18.2.